The van der Waals surface area contributed by atoms with Crippen LogP contribution in [0.15, 0.2) is 10.4 Å². The van der Waals surface area contributed by atoms with Crippen molar-refractivity contribution < 1.29 is 17.9 Å². The summed E-state index contributed by atoms with van der Waals surface area (Å²) in [6.07, 6.45) is -0.209. The zero-order valence-electron chi connectivity index (χ0n) is 13.4. The Morgan fingerprint density at radius 3 is 2.88 bits per heavy atom. The van der Waals surface area contributed by atoms with Crippen LogP contribution in [0, 0.1) is 0 Å². The Balaban J connectivity index is 1.53. The monoisotopic (exact) mass is 362 g/mol. The molecule has 1 aromatic heterocycles. The number of alkyl halides is 3. The lowest BCUT2D eigenvalue weighted by molar-refractivity contribution is -0.140. The number of thiazole rings is 1. The number of guanidine groups is 1. The van der Waals surface area contributed by atoms with Gasteiger partial charge in [0.15, 0.2) is 11.7 Å². The van der Waals surface area contributed by atoms with E-state index in [-0.39, 0.29) is 12.1 Å². The number of aromatic nitrogens is 1. The van der Waals surface area contributed by atoms with Crippen molar-refractivity contribution in [2.45, 2.75) is 57.0 Å². The lowest BCUT2D eigenvalue weighted by Crippen LogP contribution is -2.47. The van der Waals surface area contributed by atoms with Crippen molar-refractivity contribution in [2.75, 3.05) is 13.1 Å². The second kappa shape index (κ2) is 7.26. The van der Waals surface area contributed by atoms with Gasteiger partial charge in [-0.05, 0) is 26.2 Å². The van der Waals surface area contributed by atoms with Gasteiger partial charge in [0.05, 0.1) is 23.3 Å². The summed E-state index contributed by atoms with van der Waals surface area (Å²) in [5, 5.41) is 8.05. The highest BCUT2D eigenvalue weighted by Crippen LogP contribution is 2.34. The van der Waals surface area contributed by atoms with Crippen LogP contribution in [0.3, 0.4) is 0 Å². The standard InChI is InChI=1S/C15H21F3N4OS/c1-2-19-14(21-10-7-9-3-4-11(10)23-9)20-6-5-13-22-12(8-24-13)15(16,17)18/h8-11H,2-7H2,1H3,(H2,19,20,21). The maximum Gasteiger partial charge on any atom is 0.434 e. The lowest BCUT2D eigenvalue weighted by atomic mass is 9.96. The van der Waals surface area contributed by atoms with Crippen LogP contribution in [0.5, 0.6) is 0 Å². The van der Waals surface area contributed by atoms with Gasteiger partial charge in [0, 0.05) is 24.9 Å². The topological polar surface area (TPSA) is 58.5 Å². The van der Waals surface area contributed by atoms with Gasteiger partial charge in [0.2, 0.25) is 0 Å². The fourth-order valence-corrected chi connectivity index (χ4v) is 3.90. The molecule has 2 aliphatic rings. The fourth-order valence-electron chi connectivity index (χ4n) is 3.10. The molecule has 2 bridgehead atoms. The molecular formula is C15H21F3N4OS. The van der Waals surface area contributed by atoms with Gasteiger partial charge < -0.3 is 15.4 Å². The molecule has 5 nitrogen and oxygen atoms in total. The van der Waals surface area contributed by atoms with Crippen molar-refractivity contribution >= 4 is 17.3 Å². The van der Waals surface area contributed by atoms with E-state index in [1.165, 1.54) is 0 Å². The third-order valence-electron chi connectivity index (χ3n) is 4.21. The normalized spacial score (nSPS) is 26.8. The Bertz CT molecular complexity index is 590. The molecule has 9 heteroatoms. The molecule has 0 spiro atoms. The summed E-state index contributed by atoms with van der Waals surface area (Å²) in [5.74, 6) is 0.686. The van der Waals surface area contributed by atoms with Crippen LogP contribution in [0.2, 0.25) is 0 Å². The van der Waals surface area contributed by atoms with E-state index in [4.69, 9.17) is 4.74 Å². The van der Waals surface area contributed by atoms with E-state index in [2.05, 4.69) is 20.6 Å². The minimum Gasteiger partial charge on any atom is -0.373 e. The van der Waals surface area contributed by atoms with Crippen molar-refractivity contribution in [1.82, 2.24) is 15.6 Å². The molecule has 1 aromatic rings. The predicted molar refractivity (Wildman–Crippen MR) is 86.2 cm³/mol. The predicted octanol–water partition coefficient (Wildman–Crippen LogP) is 2.58. The number of halogens is 3. The first kappa shape index (κ1) is 17.5. The minimum absolute atomic E-state index is 0.243. The Labute approximate surface area is 142 Å². The zero-order valence-corrected chi connectivity index (χ0v) is 14.2. The SMILES string of the molecule is CCNC(=NCCc1nc(C(F)(F)F)cs1)NC1CC2CCC1O2. The first-order valence-electron chi connectivity index (χ1n) is 8.17. The zero-order chi connectivity index (χ0) is 17.2. The van der Waals surface area contributed by atoms with E-state index in [9.17, 15) is 13.2 Å². The molecule has 0 saturated carbocycles. The summed E-state index contributed by atoms with van der Waals surface area (Å²) in [7, 11) is 0. The lowest BCUT2D eigenvalue weighted by Gasteiger charge is -2.22. The van der Waals surface area contributed by atoms with Gasteiger partial charge in [0.1, 0.15) is 0 Å². The highest BCUT2D eigenvalue weighted by atomic mass is 32.1. The second-order valence-corrected chi connectivity index (χ2v) is 6.94. The molecule has 24 heavy (non-hydrogen) atoms. The number of hydrogen-bond donors (Lipinski definition) is 2. The van der Waals surface area contributed by atoms with E-state index >= 15 is 0 Å². The summed E-state index contributed by atoms with van der Waals surface area (Å²) in [4.78, 5) is 8.07. The summed E-state index contributed by atoms with van der Waals surface area (Å²) >= 11 is 1.02. The number of nitrogens with one attached hydrogen (secondary N) is 2. The average molecular weight is 362 g/mol. The maximum atomic E-state index is 12.5. The Kier molecular flexibility index (Phi) is 5.29. The molecule has 3 unspecified atom stereocenters. The van der Waals surface area contributed by atoms with Crippen LogP contribution in [0.1, 0.15) is 36.9 Å². The van der Waals surface area contributed by atoms with Crippen LogP contribution >= 0.6 is 11.3 Å². The number of aliphatic imine (C=N–C) groups is 1. The minimum atomic E-state index is -4.38. The number of hydrogen-bond acceptors (Lipinski definition) is 4. The second-order valence-electron chi connectivity index (χ2n) is 6.00. The van der Waals surface area contributed by atoms with Crippen LogP contribution in [-0.4, -0.2) is 42.3 Å². The molecule has 2 fully saturated rings. The smallest absolute Gasteiger partial charge is 0.373 e. The van der Waals surface area contributed by atoms with Crippen LogP contribution < -0.4 is 10.6 Å². The van der Waals surface area contributed by atoms with E-state index in [1.54, 1.807) is 0 Å². The molecular weight excluding hydrogens is 341 g/mol. The van der Waals surface area contributed by atoms with E-state index in [1.807, 2.05) is 6.92 Å². The van der Waals surface area contributed by atoms with Gasteiger partial charge in [-0.1, -0.05) is 0 Å². The third kappa shape index (κ3) is 4.18. The van der Waals surface area contributed by atoms with Gasteiger partial charge in [0.25, 0.3) is 0 Å². The van der Waals surface area contributed by atoms with Gasteiger partial charge in [-0.2, -0.15) is 13.2 Å². The first-order chi connectivity index (χ1) is 11.5. The van der Waals surface area contributed by atoms with Crippen molar-refractivity contribution in [2.24, 2.45) is 4.99 Å². The molecule has 2 N–H and O–H groups in total. The summed E-state index contributed by atoms with van der Waals surface area (Å²) in [6.45, 7) is 3.09. The molecule has 0 aromatic carbocycles. The van der Waals surface area contributed by atoms with Gasteiger partial charge in [-0.25, -0.2) is 4.98 Å². The molecule has 0 amide bonds. The van der Waals surface area contributed by atoms with Crippen LogP contribution in [0.4, 0.5) is 13.2 Å². The summed E-state index contributed by atoms with van der Waals surface area (Å²) in [6, 6.07) is 0.262. The van der Waals surface area contributed by atoms with Crippen LogP contribution in [0.25, 0.3) is 0 Å². The number of ether oxygens (including phenoxy) is 1. The number of rotatable bonds is 5. The highest BCUT2D eigenvalue weighted by molar-refractivity contribution is 7.09. The van der Waals surface area contributed by atoms with E-state index < -0.39 is 11.9 Å². The largest absolute Gasteiger partial charge is 0.434 e. The average Bonchev–Trinajstić information content (AvgIpc) is 3.22. The molecule has 134 valence electrons. The van der Waals surface area contributed by atoms with Gasteiger partial charge >= 0.3 is 6.18 Å². The molecule has 3 heterocycles. The Morgan fingerprint density at radius 2 is 2.29 bits per heavy atom. The maximum absolute atomic E-state index is 12.5. The summed E-state index contributed by atoms with van der Waals surface area (Å²) < 4.78 is 43.4. The van der Waals surface area contributed by atoms with E-state index in [0.717, 1.165) is 42.5 Å². The molecule has 3 rings (SSSR count). The molecule has 3 atom stereocenters. The first-order valence-corrected chi connectivity index (χ1v) is 9.05. The molecule has 2 aliphatic heterocycles. The quantitative estimate of drug-likeness (QED) is 0.624. The molecule has 0 aliphatic carbocycles. The highest BCUT2D eigenvalue weighted by Gasteiger charge is 2.41. The third-order valence-corrected chi connectivity index (χ3v) is 5.12. The number of fused-ring (bicyclic) bond motifs is 2. The van der Waals surface area contributed by atoms with Crippen LogP contribution in [-0.2, 0) is 17.3 Å². The Hall–Kier alpha value is -1.35. The Morgan fingerprint density at radius 1 is 1.46 bits per heavy atom. The van der Waals surface area contributed by atoms with Gasteiger partial charge in [-0.3, -0.25) is 4.99 Å². The summed E-state index contributed by atoms with van der Waals surface area (Å²) in [5.41, 5.74) is -0.823. The van der Waals surface area contributed by atoms with Crippen molar-refractivity contribution in [3.8, 4) is 0 Å². The molecule has 0 radical (unpaired) electrons. The van der Waals surface area contributed by atoms with Gasteiger partial charge in [-0.15, -0.1) is 11.3 Å². The van der Waals surface area contributed by atoms with E-state index in [0.29, 0.717) is 30.0 Å². The van der Waals surface area contributed by atoms with Crippen molar-refractivity contribution in [3.63, 3.8) is 0 Å². The van der Waals surface area contributed by atoms with Crippen molar-refractivity contribution in [3.05, 3.63) is 16.1 Å². The number of nitrogens with zero attached hydrogens (tertiary/aromatic N) is 2. The molecule has 2 saturated heterocycles. The van der Waals surface area contributed by atoms with Crippen molar-refractivity contribution in [1.29, 1.82) is 0 Å². The fraction of sp³-hybridized carbons (Fsp3) is 0.733.